The van der Waals surface area contributed by atoms with E-state index in [0.29, 0.717) is 6.54 Å². The molecule has 1 saturated carbocycles. The topological polar surface area (TPSA) is 46.2 Å². The number of hydrogen-bond acceptors (Lipinski definition) is 2. The van der Waals surface area contributed by atoms with Gasteiger partial charge in [0, 0.05) is 6.54 Å². The van der Waals surface area contributed by atoms with Gasteiger partial charge in [-0.05, 0) is 25.2 Å². The first kappa shape index (κ1) is 7.03. The van der Waals surface area contributed by atoms with Gasteiger partial charge in [-0.1, -0.05) is 6.92 Å². The standard InChI is InChI=1S/C7H15NO/c1-6(3-4-6)7(2,9)5-8/h9H,3-5,8H2,1-2H3. The molecule has 9 heavy (non-hydrogen) atoms. The van der Waals surface area contributed by atoms with Gasteiger partial charge in [0.25, 0.3) is 0 Å². The number of rotatable bonds is 2. The van der Waals surface area contributed by atoms with Crippen molar-refractivity contribution < 1.29 is 5.11 Å². The van der Waals surface area contributed by atoms with Gasteiger partial charge in [0.2, 0.25) is 0 Å². The molecular weight excluding hydrogens is 114 g/mol. The molecule has 1 aliphatic carbocycles. The Morgan fingerprint density at radius 3 is 2.22 bits per heavy atom. The van der Waals surface area contributed by atoms with E-state index < -0.39 is 5.60 Å². The highest BCUT2D eigenvalue weighted by molar-refractivity contribution is 5.03. The van der Waals surface area contributed by atoms with E-state index in [1.807, 2.05) is 6.92 Å². The molecule has 0 radical (unpaired) electrons. The summed E-state index contributed by atoms with van der Waals surface area (Å²) in [5, 5.41) is 9.60. The van der Waals surface area contributed by atoms with Gasteiger partial charge in [-0.25, -0.2) is 0 Å². The summed E-state index contributed by atoms with van der Waals surface area (Å²) >= 11 is 0. The fourth-order valence-corrected chi connectivity index (χ4v) is 0.972. The fraction of sp³-hybridized carbons (Fsp3) is 1.00. The Labute approximate surface area is 56.1 Å². The smallest absolute Gasteiger partial charge is 0.0794 e. The predicted octanol–water partition coefficient (Wildman–Crippen LogP) is 0.496. The molecule has 54 valence electrons. The summed E-state index contributed by atoms with van der Waals surface area (Å²) in [5.74, 6) is 0. The second kappa shape index (κ2) is 1.70. The Bertz CT molecular complexity index is 116. The summed E-state index contributed by atoms with van der Waals surface area (Å²) in [6.45, 7) is 4.28. The van der Waals surface area contributed by atoms with E-state index in [9.17, 15) is 5.11 Å². The molecule has 0 amide bonds. The van der Waals surface area contributed by atoms with E-state index in [0.717, 1.165) is 12.8 Å². The number of aliphatic hydroxyl groups is 1. The van der Waals surface area contributed by atoms with Crippen molar-refractivity contribution in [3.8, 4) is 0 Å². The third-order valence-electron chi connectivity index (χ3n) is 2.70. The molecule has 2 nitrogen and oxygen atoms in total. The van der Waals surface area contributed by atoms with Crippen LogP contribution >= 0.6 is 0 Å². The lowest BCUT2D eigenvalue weighted by atomic mass is 9.88. The Balaban J connectivity index is 2.58. The zero-order valence-electron chi connectivity index (χ0n) is 6.15. The number of hydrogen-bond donors (Lipinski definition) is 2. The minimum Gasteiger partial charge on any atom is -0.388 e. The molecule has 0 heterocycles. The molecule has 1 unspecified atom stereocenters. The lowest BCUT2D eigenvalue weighted by Crippen LogP contribution is -2.42. The normalized spacial score (nSPS) is 29.3. The van der Waals surface area contributed by atoms with Crippen molar-refractivity contribution in [2.24, 2.45) is 11.1 Å². The van der Waals surface area contributed by atoms with Crippen molar-refractivity contribution in [3.63, 3.8) is 0 Å². The Morgan fingerprint density at radius 2 is 2.11 bits per heavy atom. The molecule has 0 bridgehead atoms. The van der Waals surface area contributed by atoms with Gasteiger partial charge in [-0.15, -0.1) is 0 Å². The third-order valence-corrected chi connectivity index (χ3v) is 2.70. The Kier molecular flexibility index (Phi) is 1.33. The van der Waals surface area contributed by atoms with E-state index >= 15 is 0 Å². The highest BCUT2D eigenvalue weighted by Gasteiger charge is 2.51. The van der Waals surface area contributed by atoms with Gasteiger partial charge in [0.05, 0.1) is 5.60 Å². The van der Waals surface area contributed by atoms with Gasteiger partial charge < -0.3 is 10.8 Å². The SMILES string of the molecule is CC(O)(CN)C1(C)CC1. The Hall–Kier alpha value is -0.0800. The van der Waals surface area contributed by atoms with Crippen molar-refractivity contribution in [1.82, 2.24) is 0 Å². The van der Waals surface area contributed by atoms with E-state index in [1.165, 1.54) is 0 Å². The van der Waals surface area contributed by atoms with Gasteiger partial charge in [-0.3, -0.25) is 0 Å². The first-order valence-corrected chi connectivity index (χ1v) is 3.44. The zero-order valence-corrected chi connectivity index (χ0v) is 6.15. The second-order valence-corrected chi connectivity index (χ2v) is 3.54. The molecule has 0 aromatic carbocycles. The first-order chi connectivity index (χ1) is 4.02. The first-order valence-electron chi connectivity index (χ1n) is 3.44. The van der Waals surface area contributed by atoms with E-state index in [4.69, 9.17) is 5.73 Å². The van der Waals surface area contributed by atoms with Crippen LogP contribution in [0.5, 0.6) is 0 Å². The monoisotopic (exact) mass is 129 g/mol. The molecule has 1 rings (SSSR count). The average Bonchev–Trinajstić information content (AvgIpc) is 2.49. The van der Waals surface area contributed by atoms with Crippen LogP contribution in [0, 0.1) is 5.41 Å². The van der Waals surface area contributed by atoms with Gasteiger partial charge in [0.15, 0.2) is 0 Å². The maximum absolute atomic E-state index is 9.60. The van der Waals surface area contributed by atoms with Crippen LogP contribution in [0.1, 0.15) is 26.7 Å². The molecule has 0 aromatic heterocycles. The van der Waals surface area contributed by atoms with Crippen molar-refractivity contribution in [2.75, 3.05) is 6.54 Å². The summed E-state index contributed by atoms with van der Waals surface area (Å²) in [6, 6.07) is 0. The quantitative estimate of drug-likeness (QED) is 0.570. The fourth-order valence-electron chi connectivity index (χ4n) is 0.972. The maximum Gasteiger partial charge on any atom is 0.0794 e. The molecule has 0 saturated heterocycles. The lowest BCUT2D eigenvalue weighted by Gasteiger charge is -2.28. The Morgan fingerprint density at radius 1 is 1.67 bits per heavy atom. The van der Waals surface area contributed by atoms with Crippen LogP contribution in [-0.2, 0) is 0 Å². The number of nitrogens with two attached hydrogens (primary N) is 1. The van der Waals surface area contributed by atoms with Crippen LogP contribution in [0.15, 0.2) is 0 Å². The molecule has 0 aliphatic heterocycles. The molecule has 0 aromatic rings. The predicted molar refractivity (Wildman–Crippen MR) is 37.0 cm³/mol. The molecule has 0 spiro atoms. The van der Waals surface area contributed by atoms with E-state index in [2.05, 4.69) is 6.92 Å². The minimum absolute atomic E-state index is 0.127. The van der Waals surface area contributed by atoms with E-state index in [-0.39, 0.29) is 5.41 Å². The molecule has 3 N–H and O–H groups in total. The molecular formula is C7H15NO. The minimum atomic E-state index is -0.632. The summed E-state index contributed by atoms with van der Waals surface area (Å²) in [6.07, 6.45) is 2.24. The highest BCUT2D eigenvalue weighted by atomic mass is 16.3. The largest absolute Gasteiger partial charge is 0.388 e. The summed E-state index contributed by atoms with van der Waals surface area (Å²) in [4.78, 5) is 0. The molecule has 1 fully saturated rings. The molecule has 2 heteroatoms. The van der Waals surface area contributed by atoms with Crippen LogP contribution in [0.25, 0.3) is 0 Å². The van der Waals surface area contributed by atoms with Crippen molar-refractivity contribution >= 4 is 0 Å². The highest BCUT2D eigenvalue weighted by Crippen LogP contribution is 2.52. The molecule has 1 atom stereocenters. The summed E-state index contributed by atoms with van der Waals surface area (Å²) in [7, 11) is 0. The van der Waals surface area contributed by atoms with Crippen LogP contribution < -0.4 is 5.73 Å². The van der Waals surface area contributed by atoms with Gasteiger partial charge >= 0.3 is 0 Å². The zero-order chi connectivity index (χ0) is 7.12. The van der Waals surface area contributed by atoms with Gasteiger partial charge in [0.1, 0.15) is 0 Å². The second-order valence-electron chi connectivity index (χ2n) is 3.54. The van der Waals surface area contributed by atoms with Crippen LogP contribution in [0.2, 0.25) is 0 Å². The maximum atomic E-state index is 9.60. The van der Waals surface area contributed by atoms with Crippen molar-refractivity contribution in [3.05, 3.63) is 0 Å². The molecule has 1 aliphatic rings. The van der Waals surface area contributed by atoms with Crippen LogP contribution in [0.4, 0.5) is 0 Å². The lowest BCUT2D eigenvalue weighted by molar-refractivity contribution is 0.00140. The summed E-state index contributed by atoms with van der Waals surface area (Å²) < 4.78 is 0. The van der Waals surface area contributed by atoms with Crippen molar-refractivity contribution in [2.45, 2.75) is 32.3 Å². The van der Waals surface area contributed by atoms with E-state index in [1.54, 1.807) is 0 Å². The van der Waals surface area contributed by atoms with Gasteiger partial charge in [-0.2, -0.15) is 0 Å². The third kappa shape index (κ3) is 0.970. The average molecular weight is 129 g/mol. The van der Waals surface area contributed by atoms with Crippen LogP contribution in [0.3, 0.4) is 0 Å². The van der Waals surface area contributed by atoms with Crippen LogP contribution in [-0.4, -0.2) is 17.3 Å². The summed E-state index contributed by atoms with van der Waals surface area (Å²) in [5.41, 5.74) is 4.88. The van der Waals surface area contributed by atoms with Crippen molar-refractivity contribution in [1.29, 1.82) is 0 Å².